The molecular formula is C71H105N9O14. The van der Waals surface area contributed by atoms with Gasteiger partial charge in [-0.3, -0.25) is 19.2 Å². The third-order valence-electron chi connectivity index (χ3n) is 19.8. The summed E-state index contributed by atoms with van der Waals surface area (Å²) in [6, 6.07) is -1.05. The molecule has 0 spiro atoms. The molecule has 4 N–H and O–H groups in total. The molecule has 3 aromatic rings. The van der Waals surface area contributed by atoms with Gasteiger partial charge < -0.3 is 63.4 Å². The molecule has 23 heteroatoms. The summed E-state index contributed by atoms with van der Waals surface area (Å²) in [6.45, 7) is 22.4. The first kappa shape index (κ1) is 73.6. The van der Waals surface area contributed by atoms with Gasteiger partial charge in [-0.15, -0.1) is 0 Å². The van der Waals surface area contributed by atoms with Crippen molar-refractivity contribution in [3.8, 4) is 11.3 Å². The van der Waals surface area contributed by atoms with Crippen LogP contribution in [0.5, 0.6) is 0 Å². The minimum Gasteiger partial charge on any atom is -0.460 e. The smallest absolute Gasteiger partial charge is 0.329 e. The van der Waals surface area contributed by atoms with Gasteiger partial charge in [0.2, 0.25) is 17.7 Å². The Kier molecular flexibility index (Phi) is 26.8. The fraction of sp³-hybridized carbons (Fsp3) is 0.690. The fourth-order valence-electron chi connectivity index (χ4n) is 14.0. The lowest BCUT2D eigenvalue weighted by atomic mass is 9.78. The lowest BCUT2D eigenvalue weighted by molar-refractivity contribution is -0.266. The molecular weight excluding hydrogens is 1200 g/mol. The Morgan fingerprint density at radius 1 is 0.819 bits per heavy atom. The number of hydrogen-bond donors (Lipinski definition) is 4. The Morgan fingerprint density at radius 3 is 2.28 bits per heavy atom. The largest absolute Gasteiger partial charge is 0.460 e. The van der Waals surface area contributed by atoms with Gasteiger partial charge in [0.1, 0.15) is 47.2 Å². The maximum Gasteiger partial charge on any atom is 0.329 e. The number of allylic oxidation sites excluding steroid dienone is 6. The number of imidazole rings is 1. The molecule has 3 aromatic heterocycles. The van der Waals surface area contributed by atoms with Crippen LogP contribution in [0.25, 0.3) is 22.4 Å². The minimum atomic E-state index is -2.51. The van der Waals surface area contributed by atoms with E-state index < -0.39 is 83.9 Å². The second kappa shape index (κ2) is 34.2. The number of amides is 1. The van der Waals surface area contributed by atoms with Crippen molar-refractivity contribution in [3.05, 3.63) is 65.8 Å². The number of rotatable bonds is 15. The number of nitrogens with one attached hydrogen (secondary N) is 1. The topological polar surface area (TPSA) is 289 Å². The number of Topliss-reactive ketones (excluding diaryl/α,β-unsaturated/α-hetero) is 3. The fourth-order valence-corrected chi connectivity index (χ4v) is 14.0. The molecule has 2 bridgehead atoms. The maximum absolute atomic E-state index is 14.7. The monoisotopic (exact) mass is 1310 g/mol. The summed E-state index contributed by atoms with van der Waals surface area (Å²) >= 11 is 0. The van der Waals surface area contributed by atoms with Gasteiger partial charge >= 0.3 is 5.97 Å². The molecule has 8 rings (SSSR count). The zero-order valence-corrected chi connectivity index (χ0v) is 57.5. The molecule has 4 fully saturated rings. The van der Waals surface area contributed by atoms with E-state index in [1.54, 1.807) is 46.4 Å². The summed E-state index contributed by atoms with van der Waals surface area (Å²) < 4.78 is 38.4. The zero-order valence-electron chi connectivity index (χ0n) is 57.5. The van der Waals surface area contributed by atoms with Gasteiger partial charge in [0.25, 0.3) is 11.7 Å². The predicted octanol–water partition coefficient (Wildman–Crippen LogP) is 8.77. The highest BCUT2D eigenvalue weighted by Gasteiger charge is 2.53. The maximum atomic E-state index is 14.7. The lowest BCUT2D eigenvalue weighted by Gasteiger charge is -2.43. The number of aliphatic hydroxyl groups is 3. The first-order chi connectivity index (χ1) is 44.9. The molecule has 1 aliphatic carbocycles. The van der Waals surface area contributed by atoms with Gasteiger partial charge in [-0.05, 0) is 141 Å². The molecule has 1 saturated carbocycles. The number of carbonyl (C=O) groups excluding carboxylic acids is 5. The Morgan fingerprint density at radius 2 is 1.56 bits per heavy atom. The molecule has 23 nitrogen and oxygen atoms in total. The van der Waals surface area contributed by atoms with Crippen molar-refractivity contribution < 1.29 is 67.7 Å². The Bertz CT molecular complexity index is 3180. The third-order valence-corrected chi connectivity index (χ3v) is 19.8. The van der Waals surface area contributed by atoms with E-state index in [4.69, 9.17) is 43.4 Å². The number of anilines is 2. The number of nitrogens with zero attached hydrogens (tertiary/aromatic N) is 8. The summed E-state index contributed by atoms with van der Waals surface area (Å²) in [7, 11) is 2.95. The van der Waals surface area contributed by atoms with Gasteiger partial charge in [-0.1, -0.05) is 71.1 Å². The summed E-state index contributed by atoms with van der Waals surface area (Å²) in [4.78, 5) is 99.9. The van der Waals surface area contributed by atoms with Crippen molar-refractivity contribution >= 4 is 52.3 Å². The van der Waals surface area contributed by atoms with Crippen LogP contribution in [0.1, 0.15) is 164 Å². The predicted molar refractivity (Wildman–Crippen MR) is 356 cm³/mol. The molecule has 3 saturated heterocycles. The van der Waals surface area contributed by atoms with Gasteiger partial charge in [0.15, 0.2) is 11.4 Å². The van der Waals surface area contributed by atoms with Crippen molar-refractivity contribution in [2.75, 3.05) is 70.4 Å². The van der Waals surface area contributed by atoms with E-state index in [0.29, 0.717) is 144 Å². The molecule has 4 aliphatic heterocycles. The number of fused-ring (bicyclic) bond motifs is 4. The van der Waals surface area contributed by atoms with E-state index in [2.05, 4.69) is 38.6 Å². The van der Waals surface area contributed by atoms with E-state index in [9.17, 15) is 39.3 Å². The highest BCUT2D eigenvalue weighted by molar-refractivity contribution is 6.39. The van der Waals surface area contributed by atoms with Gasteiger partial charge in [-0.2, -0.15) is 4.98 Å². The Hall–Kier alpha value is -6.18. The number of methoxy groups -OCH3 is 2. The van der Waals surface area contributed by atoms with Crippen LogP contribution in [0.3, 0.4) is 0 Å². The van der Waals surface area contributed by atoms with Crippen molar-refractivity contribution in [3.63, 3.8) is 0 Å². The third kappa shape index (κ3) is 18.5. The number of esters is 1. The molecule has 518 valence electrons. The van der Waals surface area contributed by atoms with Gasteiger partial charge in [0, 0.05) is 102 Å². The van der Waals surface area contributed by atoms with Crippen molar-refractivity contribution in [1.29, 1.82) is 0 Å². The normalized spacial score (nSPS) is 32.7. The van der Waals surface area contributed by atoms with Crippen LogP contribution < -0.4 is 10.2 Å². The Labute approximate surface area is 554 Å². The highest BCUT2D eigenvalue weighted by atomic mass is 16.6. The summed E-state index contributed by atoms with van der Waals surface area (Å²) in [5.41, 5.74) is 4.04. The summed E-state index contributed by atoms with van der Waals surface area (Å²) in [5.74, 6) is -6.47. The van der Waals surface area contributed by atoms with E-state index in [1.807, 2.05) is 65.0 Å². The van der Waals surface area contributed by atoms with Crippen molar-refractivity contribution in [2.45, 2.75) is 220 Å². The number of piperidine rings is 1. The van der Waals surface area contributed by atoms with Crippen molar-refractivity contribution in [2.24, 2.45) is 35.5 Å². The lowest BCUT2D eigenvalue weighted by Crippen LogP contribution is -2.61. The van der Waals surface area contributed by atoms with E-state index in [1.165, 1.54) is 12.0 Å². The molecule has 5 aliphatic rings. The molecule has 15 atom stereocenters. The number of unbranched alkanes of at least 4 members (excludes halogenated alkanes) is 1. The number of aromatic nitrogens is 6. The van der Waals surface area contributed by atoms with Crippen LogP contribution in [0.4, 0.5) is 11.9 Å². The highest BCUT2D eigenvalue weighted by Crippen LogP contribution is 2.39. The summed E-state index contributed by atoms with van der Waals surface area (Å²) in [6.07, 6.45) is 15.4. The van der Waals surface area contributed by atoms with Crippen LogP contribution in [-0.4, -0.2) is 194 Å². The number of cyclic esters (lactones) is 1. The molecule has 94 heavy (non-hydrogen) atoms. The summed E-state index contributed by atoms with van der Waals surface area (Å²) in [5, 5.41) is 38.0. The second-order valence-electron chi connectivity index (χ2n) is 27.4. The number of hydrogen-bond acceptors (Lipinski definition) is 21. The average Bonchev–Trinajstić information content (AvgIpc) is 1.48. The average molecular weight is 1310 g/mol. The number of ketones is 3. The van der Waals surface area contributed by atoms with Gasteiger partial charge in [0.05, 0.1) is 37.6 Å². The quantitative estimate of drug-likeness (QED) is 0.0478. The SMILES string of the molecule is CO[C@@H]1C[C@@H](CC(C)[C@@H]2CC(=O)[C@H](C)/C=C(\C)[C@@H](O)[C@@H](OC)C(=O)[C@H](C)C[C@H](C)/C=C/C=C/C=C(/C)[C@@H](OCCCCNc3ncc(-c4nc(N5CCOCC5)nc5c4nc(C)n5C(C)C)cn3)C[C@@H]3CC[C@@H](C)[C@@](O)(O3)C(=O)C(=O)N3CCCC[C@H]3C(=O)O2)CC[C@H]1O. The van der Waals surface area contributed by atoms with Crippen molar-refractivity contribution in [1.82, 2.24) is 34.4 Å². The van der Waals surface area contributed by atoms with E-state index in [-0.39, 0.29) is 67.3 Å². The van der Waals surface area contributed by atoms with Crippen LogP contribution in [0.15, 0.2) is 60.0 Å². The number of aliphatic hydroxyl groups excluding tert-OH is 2. The molecule has 0 aromatic carbocycles. The van der Waals surface area contributed by atoms with Crippen LogP contribution in [0.2, 0.25) is 0 Å². The first-order valence-corrected chi connectivity index (χ1v) is 34.3. The standard InChI is InChI=1S/C71H105N9O14/c1-42(2)80-50(10)75-61-60(76-70(77-66(61)80)78-29-32-91-33-30-78)52-40-73-69(74-41-52)72-27-17-19-31-92-57-38-53-25-23-49(9)71(88,94-53)65(85)67(86)79-28-18-16-22-54(79)68(87)93-58(46(6)36-51-24-26-55(81)59(37-51)89-11)39-56(82)45(5)35-48(8)63(84)64(90-12)62(83)47(7)34-43(3)20-14-13-15-21-44(57)4/h13-15,20-21,35,40-43,45-47,49,51,53-55,57-59,63-64,81,84,88H,16-19,22-34,36-39H2,1-12H3,(H,72,73,74)/b15-13+,20-14+,44-21-,48-35+/t43-,45-,46?,47-,49-,51-,53+,54+,55-,57+,58+,59-,63-,64+,71-/m1/s1. The zero-order chi connectivity index (χ0) is 68.0. The molecule has 0 radical (unpaired) electrons. The number of ether oxygens (including phenoxy) is 6. The number of carbonyl (C=O) groups is 5. The number of morpholine rings is 1. The van der Waals surface area contributed by atoms with Crippen LogP contribution in [-0.2, 0) is 52.4 Å². The first-order valence-electron chi connectivity index (χ1n) is 34.3. The van der Waals surface area contributed by atoms with Gasteiger partial charge in [-0.25, -0.2) is 24.7 Å². The minimum absolute atomic E-state index is 0.0317. The molecule has 7 heterocycles. The van der Waals surface area contributed by atoms with E-state index >= 15 is 0 Å². The Balaban J connectivity index is 0.991. The molecule has 1 unspecified atom stereocenters. The van der Waals surface area contributed by atoms with Crippen LogP contribution in [0, 0.1) is 42.4 Å². The number of aryl methyl sites for hydroxylation is 1. The van der Waals surface area contributed by atoms with Crippen LogP contribution >= 0.6 is 0 Å². The molecule has 1 amide bonds. The second-order valence-corrected chi connectivity index (χ2v) is 27.4. The van der Waals surface area contributed by atoms with E-state index in [0.717, 1.165) is 17.0 Å².